The number of nitro groups is 1. The summed E-state index contributed by atoms with van der Waals surface area (Å²) in [5.41, 5.74) is 3.98. The van der Waals surface area contributed by atoms with Gasteiger partial charge in [-0.2, -0.15) is 5.10 Å². The molecule has 0 spiro atoms. The van der Waals surface area contributed by atoms with Crippen LogP contribution < -0.4 is 5.32 Å². The standard InChI is InChI=1S/C32H27N7O4S2/c1-21-9-11-22(12-10-21)27-18-26(28-8-5-17-44-28)36-38(27)30(40)20-45-32-35-34-29(19-33-31(41)23-6-3-2-4-7-23)37(32)24-13-15-25(16-14-24)39(42)43/h2-17,27H,18-20H2,1H3,(H,33,41)/t27-/m0/s1. The number of aromatic nitrogens is 3. The van der Waals surface area contributed by atoms with Gasteiger partial charge in [0.25, 0.3) is 17.5 Å². The van der Waals surface area contributed by atoms with Gasteiger partial charge in [0, 0.05) is 29.8 Å². The van der Waals surface area contributed by atoms with Gasteiger partial charge in [-0.25, -0.2) is 5.01 Å². The van der Waals surface area contributed by atoms with Crippen LogP contribution in [0.25, 0.3) is 5.69 Å². The highest BCUT2D eigenvalue weighted by molar-refractivity contribution is 7.99. The van der Waals surface area contributed by atoms with E-state index in [9.17, 15) is 19.7 Å². The van der Waals surface area contributed by atoms with Crippen LogP contribution in [0.3, 0.4) is 0 Å². The fourth-order valence-corrected chi connectivity index (χ4v) is 6.46. The number of thiophene rings is 1. The molecule has 1 aliphatic heterocycles. The highest BCUT2D eigenvalue weighted by atomic mass is 32.2. The summed E-state index contributed by atoms with van der Waals surface area (Å²) in [5.74, 6) is -0.0617. The van der Waals surface area contributed by atoms with Crippen molar-refractivity contribution >= 4 is 46.3 Å². The minimum absolute atomic E-state index is 0.0189. The number of nitrogens with one attached hydrogen (secondary N) is 1. The molecular formula is C32H27N7O4S2. The molecule has 1 N–H and O–H groups in total. The molecule has 0 aliphatic carbocycles. The van der Waals surface area contributed by atoms with Crippen molar-refractivity contribution in [3.8, 4) is 5.69 Å². The minimum Gasteiger partial charge on any atom is -0.345 e. The van der Waals surface area contributed by atoms with Crippen molar-refractivity contribution in [3.63, 3.8) is 0 Å². The fraction of sp³-hybridized carbons (Fsp3) is 0.156. The Bertz CT molecular complexity index is 1860. The number of amides is 2. The van der Waals surface area contributed by atoms with E-state index in [0.717, 1.165) is 21.7 Å². The Hall–Kier alpha value is -5.14. The molecule has 2 amide bonds. The third-order valence-corrected chi connectivity index (χ3v) is 9.05. The summed E-state index contributed by atoms with van der Waals surface area (Å²) in [6.45, 7) is 2.07. The summed E-state index contributed by atoms with van der Waals surface area (Å²) in [6.07, 6.45) is 0.601. The molecule has 2 aromatic heterocycles. The van der Waals surface area contributed by atoms with E-state index in [0.29, 0.717) is 28.7 Å². The van der Waals surface area contributed by atoms with E-state index in [1.807, 2.05) is 54.8 Å². The predicted octanol–water partition coefficient (Wildman–Crippen LogP) is 5.95. The first-order valence-corrected chi connectivity index (χ1v) is 15.9. The Morgan fingerprint density at radius 3 is 2.44 bits per heavy atom. The zero-order valence-corrected chi connectivity index (χ0v) is 25.7. The summed E-state index contributed by atoms with van der Waals surface area (Å²) in [7, 11) is 0. The Morgan fingerprint density at radius 1 is 1.00 bits per heavy atom. The second-order valence-electron chi connectivity index (χ2n) is 10.2. The Morgan fingerprint density at radius 2 is 1.76 bits per heavy atom. The summed E-state index contributed by atoms with van der Waals surface area (Å²) >= 11 is 2.77. The van der Waals surface area contributed by atoms with Gasteiger partial charge in [-0.05, 0) is 48.2 Å². The molecule has 3 heterocycles. The second-order valence-corrected chi connectivity index (χ2v) is 12.1. The van der Waals surface area contributed by atoms with Crippen LogP contribution in [-0.4, -0.2) is 48.0 Å². The molecule has 0 bridgehead atoms. The molecule has 0 radical (unpaired) electrons. The van der Waals surface area contributed by atoms with Crippen molar-refractivity contribution in [1.82, 2.24) is 25.1 Å². The number of rotatable bonds is 10. The van der Waals surface area contributed by atoms with Crippen molar-refractivity contribution in [2.45, 2.75) is 31.1 Å². The summed E-state index contributed by atoms with van der Waals surface area (Å²) < 4.78 is 1.69. The average molecular weight is 638 g/mol. The summed E-state index contributed by atoms with van der Waals surface area (Å²) in [4.78, 5) is 38.3. The van der Waals surface area contributed by atoms with E-state index in [1.165, 1.54) is 23.9 Å². The van der Waals surface area contributed by atoms with E-state index in [1.54, 1.807) is 57.3 Å². The van der Waals surface area contributed by atoms with Gasteiger partial charge in [0.15, 0.2) is 11.0 Å². The van der Waals surface area contributed by atoms with Crippen LogP contribution in [0, 0.1) is 17.0 Å². The maximum absolute atomic E-state index is 13.7. The number of hydrogen-bond acceptors (Lipinski definition) is 9. The lowest BCUT2D eigenvalue weighted by Crippen LogP contribution is -2.28. The zero-order chi connectivity index (χ0) is 31.3. The van der Waals surface area contributed by atoms with E-state index in [2.05, 4.69) is 15.5 Å². The molecular weight excluding hydrogens is 611 g/mol. The number of carbonyl (C=O) groups excluding carboxylic acids is 2. The van der Waals surface area contributed by atoms with Gasteiger partial charge in [0.05, 0.1) is 33.9 Å². The monoisotopic (exact) mass is 637 g/mol. The van der Waals surface area contributed by atoms with E-state index >= 15 is 0 Å². The lowest BCUT2D eigenvalue weighted by Gasteiger charge is -2.22. The first kappa shape index (κ1) is 29.9. The number of hydrazone groups is 1. The fourth-order valence-electron chi connectivity index (χ4n) is 4.91. The van der Waals surface area contributed by atoms with Crippen molar-refractivity contribution < 1.29 is 14.5 Å². The van der Waals surface area contributed by atoms with Crippen molar-refractivity contribution in [1.29, 1.82) is 0 Å². The Balaban J connectivity index is 1.25. The quantitative estimate of drug-likeness (QED) is 0.114. The molecule has 3 aromatic carbocycles. The Kier molecular flexibility index (Phi) is 8.80. The summed E-state index contributed by atoms with van der Waals surface area (Å²) in [5, 5.41) is 31.4. The molecule has 1 atom stereocenters. The highest BCUT2D eigenvalue weighted by Gasteiger charge is 2.33. The van der Waals surface area contributed by atoms with Gasteiger partial charge in [0.2, 0.25) is 0 Å². The SMILES string of the molecule is Cc1ccc([C@@H]2CC(c3cccs3)=NN2C(=O)CSc2nnc(CNC(=O)c3ccccc3)n2-c2ccc([N+](=O)[O-])cc2)cc1. The van der Waals surface area contributed by atoms with Crippen molar-refractivity contribution in [2.75, 3.05) is 5.75 Å². The maximum atomic E-state index is 13.7. The smallest absolute Gasteiger partial charge is 0.269 e. The lowest BCUT2D eigenvalue weighted by molar-refractivity contribution is -0.384. The van der Waals surface area contributed by atoms with Crippen molar-refractivity contribution in [2.24, 2.45) is 5.10 Å². The molecule has 6 rings (SSSR count). The van der Waals surface area contributed by atoms with Crippen LogP contribution in [0.2, 0.25) is 0 Å². The third-order valence-electron chi connectivity index (χ3n) is 7.22. The van der Waals surface area contributed by atoms with Crippen LogP contribution in [0.1, 0.15) is 44.6 Å². The number of aryl methyl sites for hydroxylation is 1. The van der Waals surface area contributed by atoms with Crippen LogP contribution in [0.15, 0.2) is 107 Å². The number of hydrogen-bond donors (Lipinski definition) is 1. The third kappa shape index (κ3) is 6.69. The molecule has 0 unspecified atom stereocenters. The molecule has 5 aromatic rings. The number of nitro benzene ring substituents is 1. The predicted molar refractivity (Wildman–Crippen MR) is 173 cm³/mol. The topological polar surface area (TPSA) is 136 Å². The normalized spacial score (nSPS) is 14.3. The lowest BCUT2D eigenvalue weighted by atomic mass is 10.00. The molecule has 0 saturated heterocycles. The van der Waals surface area contributed by atoms with E-state index < -0.39 is 4.92 Å². The first-order chi connectivity index (χ1) is 21.9. The zero-order valence-electron chi connectivity index (χ0n) is 24.1. The van der Waals surface area contributed by atoms with Gasteiger partial charge < -0.3 is 5.32 Å². The number of carbonyl (C=O) groups is 2. The Labute approximate surface area is 266 Å². The number of benzene rings is 3. The van der Waals surface area contributed by atoms with Gasteiger partial charge in [-0.15, -0.1) is 21.5 Å². The largest absolute Gasteiger partial charge is 0.345 e. The highest BCUT2D eigenvalue weighted by Crippen LogP contribution is 2.35. The van der Waals surface area contributed by atoms with Crippen LogP contribution in [0.5, 0.6) is 0 Å². The van der Waals surface area contributed by atoms with Crippen molar-refractivity contribution in [3.05, 3.63) is 134 Å². The molecule has 0 fully saturated rings. The van der Waals surface area contributed by atoms with Crippen LogP contribution in [0.4, 0.5) is 5.69 Å². The van der Waals surface area contributed by atoms with Crippen LogP contribution in [-0.2, 0) is 11.3 Å². The molecule has 11 nitrogen and oxygen atoms in total. The molecule has 0 saturated carbocycles. The summed E-state index contributed by atoms with van der Waals surface area (Å²) in [6, 6.07) is 26.6. The van der Waals surface area contributed by atoms with Gasteiger partial charge in [0.1, 0.15) is 0 Å². The van der Waals surface area contributed by atoms with E-state index in [4.69, 9.17) is 5.10 Å². The van der Waals surface area contributed by atoms with Crippen LogP contribution >= 0.6 is 23.1 Å². The van der Waals surface area contributed by atoms with Gasteiger partial charge in [-0.3, -0.25) is 24.3 Å². The number of thioether (sulfide) groups is 1. The number of nitrogens with zero attached hydrogens (tertiary/aromatic N) is 6. The molecule has 45 heavy (non-hydrogen) atoms. The first-order valence-electron chi connectivity index (χ1n) is 14.0. The average Bonchev–Trinajstić information content (AvgIpc) is 3.84. The maximum Gasteiger partial charge on any atom is 0.269 e. The second kappa shape index (κ2) is 13.2. The minimum atomic E-state index is -0.475. The molecule has 1 aliphatic rings. The van der Waals surface area contributed by atoms with E-state index in [-0.39, 0.29) is 35.8 Å². The number of non-ortho nitro benzene ring substituents is 1. The molecule has 226 valence electrons. The molecule has 13 heteroatoms. The van der Waals surface area contributed by atoms with Gasteiger partial charge >= 0.3 is 0 Å². The van der Waals surface area contributed by atoms with Gasteiger partial charge in [-0.1, -0.05) is 65.9 Å².